The highest BCUT2D eigenvalue weighted by Crippen LogP contribution is 2.26. The third-order valence-corrected chi connectivity index (χ3v) is 2.59. The first-order chi connectivity index (χ1) is 5.57. The van der Waals surface area contributed by atoms with Crippen molar-refractivity contribution >= 4 is 0 Å². The molecule has 0 unspecified atom stereocenters. The van der Waals surface area contributed by atoms with Crippen LogP contribution < -0.4 is 0 Å². The molecule has 0 radical (unpaired) electrons. The van der Waals surface area contributed by atoms with Crippen molar-refractivity contribution in [1.82, 2.24) is 0 Å². The molecule has 66 valence electrons. The van der Waals surface area contributed by atoms with E-state index in [-0.39, 0.29) is 0 Å². The maximum Gasteiger partial charge on any atom is 0.119 e. The van der Waals surface area contributed by atoms with Crippen LogP contribution in [0.25, 0.3) is 0 Å². The molecule has 0 atom stereocenters. The van der Waals surface area contributed by atoms with Gasteiger partial charge in [-0.05, 0) is 55.5 Å². The fourth-order valence-electron chi connectivity index (χ4n) is 1.63. The second kappa shape index (κ2) is 3.18. The van der Waals surface area contributed by atoms with E-state index in [1.807, 2.05) is 19.9 Å². The van der Waals surface area contributed by atoms with E-state index in [0.29, 0.717) is 5.75 Å². The standard InChI is InChI=1S/C11H16O/c1-5-10-8(3)7(2)6-11(12)9(10)4/h6,12H,5H2,1-4H3. The van der Waals surface area contributed by atoms with Gasteiger partial charge < -0.3 is 5.11 Å². The summed E-state index contributed by atoms with van der Waals surface area (Å²) in [7, 11) is 0. The number of hydrogen-bond acceptors (Lipinski definition) is 1. The Morgan fingerprint density at radius 1 is 1.17 bits per heavy atom. The van der Waals surface area contributed by atoms with Gasteiger partial charge in [-0.1, -0.05) is 6.92 Å². The molecule has 1 aromatic carbocycles. The molecular formula is C11H16O. The minimum absolute atomic E-state index is 0.426. The average Bonchev–Trinajstić information content (AvgIpc) is 2.02. The Labute approximate surface area is 74.1 Å². The number of aryl methyl sites for hydroxylation is 1. The molecule has 0 aromatic heterocycles. The van der Waals surface area contributed by atoms with Gasteiger partial charge in [-0.25, -0.2) is 0 Å². The van der Waals surface area contributed by atoms with Gasteiger partial charge in [0.25, 0.3) is 0 Å². The van der Waals surface area contributed by atoms with Gasteiger partial charge >= 0.3 is 0 Å². The summed E-state index contributed by atoms with van der Waals surface area (Å²) in [5.41, 5.74) is 4.80. The van der Waals surface area contributed by atoms with E-state index >= 15 is 0 Å². The van der Waals surface area contributed by atoms with Crippen molar-refractivity contribution in [3.8, 4) is 5.75 Å². The normalized spacial score (nSPS) is 10.3. The van der Waals surface area contributed by atoms with Crippen LogP contribution in [-0.4, -0.2) is 5.11 Å². The summed E-state index contributed by atoms with van der Waals surface area (Å²) in [6.07, 6.45) is 0.993. The van der Waals surface area contributed by atoms with Crippen molar-refractivity contribution in [2.24, 2.45) is 0 Å². The van der Waals surface area contributed by atoms with Crippen molar-refractivity contribution in [3.63, 3.8) is 0 Å². The summed E-state index contributed by atoms with van der Waals surface area (Å²) in [5.74, 6) is 0.426. The number of phenols is 1. The zero-order valence-electron chi connectivity index (χ0n) is 8.23. The Morgan fingerprint density at radius 3 is 2.25 bits per heavy atom. The van der Waals surface area contributed by atoms with Crippen LogP contribution in [0, 0.1) is 20.8 Å². The van der Waals surface area contributed by atoms with Crippen LogP contribution in [0.1, 0.15) is 29.2 Å². The Bertz CT molecular complexity index is 274. The van der Waals surface area contributed by atoms with Gasteiger partial charge in [0.15, 0.2) is 0 Å². The highest BCUT2D eigenvalue weighted by Gasteiger charge is 2.07. The van der Waals surface area contributed by atoms with Crippen LogP contribution in [0.4, 0.5) is 0 Å². The van der Waals surface area contributed by atoms with E-state index in [1.165, 1.54) is 16.7 Å². The van der Waals surface area contributed by atoms with Crippen LogP contribution in [0.5, 0.6) is 5.75 Å². The van der Waals surface area contributed by atoms with E-state index in [1.54, 1.807) is 0 Å². The van der Waals surface area contributed by atoms with Gasteiger partial charge in [0, 0.05) is 0 Å². The Kier molecular flexibility index (Phi) is 2.41. The van der Waals surface area contributed by atoms with Gasteiger partial charge in [-0.15, -0.1) is 0 Å². The van der Waals surface area contributed by atoms with E-state index in [0.717, 1.165) is 12.0 Å². The summed E-state index contributed by atoms with van der Waals surface area (Å²) in [6.45, 7) is 8.24. The number of hydrogen-bond donors (Lipinski definition) is 1. The lowest BCUT2D eigenvalue weighted by atomic mass is 9.96. The Morgan fingerprint density at radius 2 is 1.75 bits per heavy atom. The van der Waals surface area contributed by atoms with Crippen LogP contribution in [0.15, 0.2) is 6.07 Å². The number of phenolic OH excluding ortho intramolecular Hbond substituents is 1. The highest BCUT2D eigenvalue weighted by atomic mass is 16.3. The molecule has 1 heteroatoms. The van der Waals surface area contributed by atoms with E-state index < -0.39 is 0 Å². The van der Waals surface area contributed by atoms with Crippen molar-refractivity contribution in [2.75, 3.05) is 0 Å². The lowest BCUT2D eigenvalue weighted by Crippen LogP contribution is -1.94. The summed E-state index contributed by atoms with van der Waals surface area (Å²) in [5, 5.41) is 9.54. The van der Waals surface area contributed by atoms with Crippen molar-refractivity contribution in [3.05, 3.63) is 28.3 Å². The number of aromatic hydroxyl groups is 1. The molecule has 0 bridgehead atoms. The zero-order chi connectivity index (χ0) is 9.30. The largest absolute Gasteiger partial charge is 0.508 e. The van der Waals surface area contributed by atoms with Crippen molar-refractivity contribution in [1.29, 1.82) is 0 Å². The molecule has 0 aliphatic carbocycles. The van der Waals surface area contributed by atoms with Gasteiger partial charge in [0.2, 0.25) is 0 Å². The molecular weight excluding hydrogens is 148 g/mol. The van der Waals surface area contributed by atoms with E-state index in [4.69, 9.17) is 0 Å². The van der Waals surface area contributed by atoms with Crippen LogP contribution in [0.3, 0.4) is 0 Å². The molecule has 0 spiro atoms. The van der Waals surface area contributed by atoms with Gasteiger partial charge in [-0.3, -0.25) is 0 Å². The molecule has 0 fully saturated rings. The lowest BCUT2D eigenvalue weighted by Gasteiger charge is -2.11. The summed E-state index contributed by atoms with van der Waals surface area (Å²) < 4.78 is 0. The molecule has 1 N–H and O–H groups in total. The Balaban J connectivity index is 3.42. The second-order valence-corrected chi connectivity index (χ2v) is 3.29. The minimum atomic E-state index is 0.426. The van der Waals surface area contributed by atoms with Crippen LogP contribution in [0.2, 0.25) is 0 Å². The van der Waals surface area contributed by atoms with Crippen molar-refractivity contribution in [2.45, 2.75) is 34.1 Å². The SMILES string of the molecule is CCc1c(C)c(C)cc(O)c1C. The van der Waals surface area contributed by atoms with Crippen LogP contribution in [-0.2, 0) is 6.42 Å². The van der Waals surface area contributed by atoms with Gasteiger partial charge in [0.1, 0.15) is 5.75 Å². The fraction of sp³-hybridized carbons (Fsp3) is 0.455. The molecule has 0 aliphatic rings. The third-order valence-electron chi connectivity index (χ3n) is 2.59. The maximum absolute atomic E-state index is 9.54. The predicted molar refractivity (Wildman–Crippen MR) is 51.7 cm³/mol. The monoisotopic (exact) mass is 164 g/mol. The molecule has 0 heterocycles. The topological polar surface area (TPSA) is 20.2 Å². The molecule has 1 rings (SSSR count). The lowest BCUT2D eigenvalue weighted by molar-refractivity contribution is 0.469. The predicted octanol–water partition coefficient (Wildman–Crippen LogP) is 2.88. The maximum atomic E-state index is 9.54. The summed E-state index contributed by atoms with van der Waals surface area (Å²) >= 11 is 0. The first-order valence-corrected chi connectivity index (χ1v) is 4.36. The summed E-state index contributed by atoms with van der Waals surface area (Å²) in [4.78, 5) is 0. The smallest absolute Gasteiger partial charge is 0.119 e. The average molecular weight is 164 g/mol. The molecule has 0 saturated carbocycles. The fourth-order valence-corrected chi connectivity index (χ4v) is 1.63. The quantitative estimate of drug-likeness (QED) is 0.676. The zero-order valence-corrected chi connectivity index (χ0v) is 8.23. The first kappa shape index (κ1) is 9.11. The van der Waals surface area contributed by atoms with E-state index in [9.17, 15) is 5.11 Å². The van der Waals surface area contributed by atoms with Crippen molar-refractivity contribution < 1.29 is 5.11 Å². The van der Waals surface area contributed by atoms with Gasteiger partial charge in [-0.2, -0.15) is 0 Å². The second-order valence-electron chi connectivity index (χ2n) is 3.29. The van der Waals surface area contributed by atoms with Gasteiger partial charge in [0.05, 0.1) is 0 Å². The molecule has 1 aromatic rings. The highest BCUT2D eigenvalue weighted by molar-refractivity contribution is 5.47. The first-order valence-electron chi connectivity index (χ1n) is 4.36. The molecule has 0 amide bonds. The van der Waals surface area contributed by atoms with Crippen LogP contribution >= 0.6 is 0 Å². The molecule has 12 heavy (non-hydrogen) atoms. The number of benzene rings is 1. The minimum Gasteiger partial charge on any atom is -0.508 e. The third kappa shape index (κ3) is 1.31. The molecule has 1 nitrogen and oxygen atoms in total. The Hall–Kier alpha value is -0.980. The number of rotatable bonds is 1. The summed E-state index contributed by atoms with van der Waals surface area (Å²) in [6, 6.07) is 1.84. The van der Waals surface area contributed by atoms with E-state index in [2.05, 4.69) is 13.8 Å². The molecule has 0 aliphatic heterocycles. The molecule has 0 saturated heterocycles.